The number of carbonyl (C=O) groups is 2. The van der Waals surface area contributed by atoms with Gasteiger partial charge in [0.1, 0.15) is 36.8 Å². The summed E-state index contributed by atoms with van der Waals surface area (Å²) < 4.78 is 53.9. The molecule has 62 heavy (non-hydrogen) atoms. The lowest BCUT2D eigenvalue weighted by Crippen LogP contribution is -2.60. The first-order valence-corrected chi connectivity index (χ1v) is 24.4. The number of carbonyl (C=O) groups excluding carboxylic acids is 2. The van der Waals surface area contributed by atoms with Crippen molar-refractivity contribution in [3.05, 3.63) is 97.2 Å². The maximum atomic E-state index is 12.8. The van der Waals surface area contributed by atoms with Crippen molar-refractivity contribution in [2.24, 2.45) is 0 Å². The number of esters is 2. The largest absolute Gasteiger partial charge is 0.462 e. The van der Waals surface area contributed by atoms with Crippen molar-refractivity contribution >= 4 is 22.1 Å². The minimum absolute atomic E-state index is 0.0267. The first-order valence-electron chi connectivity index (χ1n) is 22.8. The van der Waals surface area contributed by atoms with Crippen LogP contribution in [0.5, 0.6) is 0 Å². The van der Waals surface area contributed by atoms with Gasteiger partial charge in [0.25, 0.3) is 10.1 Å². The number of hydrogen-bond acceptors (Lipinski definition) is 11. The molecule has 0 amide bonds. The van der Waals surface area contributed by atoms with Crippen molar-refractivity contribution in [3.63, 3.8) is 0 Å². The molecular weight excluding hydrogens is 813 g/mol. The molecule has 0 aromatic rings. The number of allylic oxidation sites excluding steroid dienone is 16. The van der Waals surface area contributed by atoms with Gasteiger partial charge in [-0.05, 0) is 83.5 Å². The summed E-state index contributed by atoms with van der Waals surface area (Å²) in [6, 6.07) is 0. The van der Waals surface area contributed by atoms with Gasteiger partial charge in [-0.1, -0.05) is 143 Å². The molecule has 0 saturated carbocycles. The fourth-order valence-corrected chi connectivity index (χ4v) is 6.83. The molecular formula is C49H78O12S. The Hall–Kier alpha value is -3.43. The van der Waals surface area contributed by atoms with E-state index in [4.69, 9.17) is 18.9 Å². The highest BCUT2D eigenvalue weighted by Gasteiger charge is 2.46. The molecule has 1 aliphatic rings. The van der Waals surface area contributed by atoms with Crippen LogP contribution in [0.3, 0.4) is 0 Å². The van der Waals surface area contributed by atoms with Crippen LogP contribution >= 0.6 is 0 Å². The van der Waals surface area contributed by atoms with Crippen molar-refractivity contribution < 1.29 is 56.8 Å². The van der Waals surface area contributed by atoms with Crippen LogP contribution in [0.2, 0.25) is 0 Å². The van der Waals surface area contributed by atoms with E-state index in [1.807, 2.05) is 18.2 Å². The first kappa shape index (κ1) is 56.6. The van der Waals surface area contributed by atoms with E-state index in [0.29, 0.717) is 19.3 Å². The molecule has 0 radical (unpaired) electrons. The second-order valence-electron chi connectivity index (χ2n) is 15.3. The highest BCUT2D eigenvalue weighted by atomic mass is 32.2. The van der Waals surface area contributed by atoms with Gasteiger partial charge in [-0.2, -0.15) is 8.42 Å². The van der Waals surface area contributed by atoms with Gasteiger partial charge in [0.15, 0.2) is 12.4 Å². The zero-order valence-electron chi connectivity index (χ0n) is 37.4. The summed E-state index contributed by atoms with van der Waals surface area (Å²) in [5.41, 5.74) is 0. The summed E-state index contributed by atoms with van der Waals surface area (Å²) in [5, 5.41) is 30.9. The number of hydrogen-bond donors (Lipinski definition) is 4. The van der Waals surface area contributed by atoms with Crippen molar-refractivity contribution in [2.75, 3.05) is 19.0 Å². The van der Waals surface area contributed by atoms with E-state index in [1.54, 1.807) is 0 Å². The van der Waals surface area contributed by atoms with Gasteiger partial charge in [-0.3, -0.25) is 14.1 Å². The van der Waals surface area contributed by atoms with Gasteiger partial charge in [0.05, 0.1) is 6.61 Å². The van der Waals surface area contributed by atoms with Crippen LogP contribution < -0.4 is 0 Å². The van der Waals surface area contributed by atoms with E-state index in [2.05, 4.69) is 92.8 Å². The Morgan fingerprint density at radius 3 is 1.58 bits per heavy atom. The predicted octanol–water partition coefficient (Wildman–Crippen LogP) is 9.44. The lowest BCUT2D eigenvalue weighted by molar-refractivity contribution is -0.297. The molecule has 0 aliphatic carbocycles. The van der Waals surface area contributed by atoms with Gasteiger partial charge in [0, 0.05) is 12.8 Å². The molecule has 13 heteroatoms. The summed E-state index contributed by atoms with van der Waals surface area (Å²) >= 11 is 0. The molecule has 0 aromatic carbocycles. The van der Waals surface area contributed by atoms with Gasteiger partial charge < -0.3 is 34.3 Å². The second kappa shape index (κ2) is 38.1. The molecule has 0 bridgehead atoms. The van der Waals surface area contributed by atoms with E-state index in [-0.39, 0.29) is 19.4 Å². The van der Waals surface area contributed by atoms with Gasteiger partial charge in [-0.15, -0.1) is 0 Å². The van der Waals surface area contributed by atoms with Crippen molar-refractivity contribution in [2.45, 2.75) is 179 Å². The second-order valence-corrected chi connectivity index (χ2v) is 16.8. The first-order chi connectivity index (χ1) is 30.0. The van der Waals surface area contributed by atoms with Crippen molar-refractivity contribution in [1.29, 1.82) is 0 Å². The number of aliphatic hydroxyl groups is 3. The minimum atomic E-state index is -4.62. The molecule has 1 rings (SSSR count). The highest BCUT2D eigenvalue weighted by Crippen LogP contribution is 2.24. The van der Waals surface area contributed by atoms with Gasteiger partial charge >= 0.3 is 11.9 Å². The number of aliphatic hydroxyl groups excluding tert-OH is 3. The molecule has 1 aliphatic heterocycles. The Labute approximate surface area is 373 Å². The number of unbranched alkanes of at least 4 members (excludes halogenated alkanes) is 8. The molecule has 0 aromatic heterocycles. The van der Waals surface area contributed by atoms with E-state index in [1.165, 1.54) is 38.5 Å². The van der Waals surface area contributed by atoms with Crippen LogP contribution in [-0.2, 0) is 38.7 Å². The quantitative estimate of drug-likeness (QED) is 0.0202. The molecule has 0 spiro atoms. The maximum Gasteiger partial charge on any atom is 0.306 e. The SMILES string of the molecule is CC/C=C/C/C=C/C/C=C/C/C=C/C/C=C/C/C=C/CCC(=O)O[C@H](COC(=O)CCCC/C=C/C/C=C/CCCCCCCC)CO[C@H]1O[C@H](CS(=O)(=O)O)[C@@H](O)C(O)C1O. The van der Waals surface area contributed by atoms with E-state index in [9.17, 15) is 37.9 Å². The summed E-state index contributed by atoms with van der Waals surface area (Å²) in [7, 11) is -4.62. The highest BCUT2D eigenvalue weighted by molar-refractivity contribution is 7.85. The molecule has 4 N–H and O–H groups in total. The summed E-state index contributed by atoms with van der Waals surface area (Å²) in [6.07, 6.45) is 41.8. The molecule has 2 unspecified atom stereocenters. The lowest BCUT2D eigenvalue weighted by atomic mass is 10.00. The standard InChI is InChI=1S/C49H78O12S/c1-3-5-7-9-11-13-15-17-19-20-21-22-24-26-28-30-32-34-36-38-45(51)60-42(40-59-49-48(54)47(53)46(52)43(61-49)41-62(55,56)57)39-58-44(50)37-35-33-31-29-27-25-23-18-16-14-12-10-8-6-4-2/h5,7,11,13,17-19,21-23,26-29,32,34,42-43,46-49,52-54H,3-4,6,8-10,12,14-16,20,24-25,30-31,33,35-41H2,1-2H3,(H,55,56,57)/b7-5+,13-11+,19-17+,22-21+,23-18+,28-26+,29-27+,34-32+/t42-,43-,46-,47?,48?,49+/m1/s1. The fraction of sp³-hybridized carbons (Fsp3) is 0.633. The van der Waals surface area contributed by atoms with Crippen LogP contribution in [0.4, 0.5) is 0 Å². The van der Waals surface area contributed by atoms with E-state index >= 15 is 0 Å². The molecule has 1 heterocycles. The van der Waals surface area contributed by atoms with Crippen molar-refractivity contribution in [1.82, 2.24) is 0 Å². The molecule has 6 atom stereocenters. The van der Waals surface area contributed by atoms with Crippen LogP contribution in [0.25, 0.3) is 0 Å². The summed E-state index contributed by atoms with van der Waals surface area (Å²) in [5.74, 6) is -2.15. The van der Waals surface area contributed by atoms with Gasteiger partial charge in [-0.25, -0.2) is 0 Å². The van der Waals surface area contributed by atoms with E-state index in [0.717, 1.165) is 57.8 Å². The number of rotatable bonds is 36. The van der Waals surface area contributed by atoms with Crippen LogP contribution in [0.15, 0.2) is 97.2 Å². The Kier molecular flexibility index (Phi) is 34.7. The third-order valence-electron chi connectivity index (χ3n) is 9.66. The summed E-state index contributed by atoms with van der Waals surface area (Å²) in [4.78, 5) is 25.4. The normalized spacial score (nSPS) is 20.8. The topological polar surface area (TPSA) is 186 Å². The van der Waals surface area contributed by atoms with Gasteiger partial charge in [0.2, 0.25) is 0 Å². The Morgan fingerprint density at radius 2 is 1.05 bits per heavy atom. The Balaban J connectivity index is 2.54. The minimum Gasteiger partial charge on any atom is -0.462 e. The van der Waals surface area contributed by atoms with E-state index < -0.39 is 71.2 Å². The predicted molar refractivity (Wildman–Crippen MR) is 247 cm³/mol. The Bertz CT molecular complexity index is 1510. The third kappa shape index (κ3) is 32.3. The lowest BCUT2D eigenvalue weighted by Gasteiger charge is -2.40. The summed E-state index contributed by atoms with van der Waals surface area (Å²) in [6.45, 7) is 3.53. The molecule has 352 valence electrons. The molecule has 12 nitrogen and oxygen atoms in total. The monoisotopic (exact) mass is 891 g/mol. The number of ether oxygens (including phenoxy) is 4. The van der Waals surface area contributed by atoms with Crippen LogP contribution in [0.1, 0.15) is 142 Å². The molecule has 1 fully saturated rings. The van der Waals surface area contributed by atoms with Crippen LogP contribution in [-0.4, -0.2) is 96.0 Å². The average Bonchev–Trinajstić information content (AvgIpc) is 3.24. The fourth-order valence-electron chi connectivity index (χ4n) is 6.14. The maximum absolute atomic E-state index is 12.8. The zero-order chi connectivity index (χ0) is 45.5. The smallest absolute Gasteiger partial charge is 0.306 e. The zero-order valence-corrected chi connectivity index (χ0v) is 38.2. The third-order valence-corrected chi connectivity index (χ3v) is 10.4. The Morgan fingerprint density at radius 1 is 0.565 bits per heavy atom. The van der Waals surface area contributed by atoms with Crippen LogP contribution in [0, 0.1) is 0 Å². The van der Waals surface area contributed by atoms with Crippen molar-refractivity contribution in [3.8, 4) is 0 Å². The molecule has 1 saturated heterocycles. The average molecular weight is 891 g/mol.